The molecule has 0 aromatic rings. The Balaban J connectivity index is 3.30. The highest BCUT2D eigenvalue weighted by Gasteiger charge is 2.02. The number of rotatable bonds is 3. The summed E-state index contributed by atoms with van der Waals surface area (Å²) >= 11 is 0. The van der Waals surface area contributed by atoms with E-state index in [1.165, 1.54) is 0 Å². The fourth-order valence-corrected chi connectivity index (χ4v) is 0.260. The van der Waals surface area contributed by atoms with Crippen LogP contribution >= 0.6 is 0 Å². The van der Waals surface area contributed by atoms with Crippen LogP contribution in [0.2, 0.25) is 0 Å². The first-order valence-corrected chi connectivity index (χ1v) is 2.81. The second-order valence-electron chi connectivity index (χ2n) is 2.28. The average Bonchev–Trinajstić information content (AvgIpc) is 1.67. The Kier molecular flexibility index (Phi) is 3.24. The molecule has 1 atom stereocenters. The summed E-state index contributed by atoms with van der Waals surface area (Å²) in [6, 6.07) is 0.243. The molecule has 1 amide bonds. The first-order valence-electron chi connectivity index (χ1n) is 2.81. The van der Waals surface area contributed by atoms with Gasteiger partial charge >= 0.3 is 6.41 Å². The van der Waals surface area contributed by atoms with Gasteiger partial charge in [0.1, 0.15) is 0 Å². The maximum atomic E-state index is 9.68. The molecule has 0 fully saturated rings. The van der Waals surface area contributed by atoms with Crippen molar-refractivity contribution in [1.82, 2.24) is 5.32 Å². The molecule has 0 aromatic carbocycles. The first kappa shape index (κ1) is 7.47. The van der Waals surface area contributed by atoms with Crippen molar-refractivity contribution in [3.05, 3.63) is 0 Å². The standard InChI is InChI=1S/C6H12NO/c1-5(2)6(3)7-4-8/h5-6H,1-3H3,(H,7,8). The lowest BCUT2D eigenvalue weighted by atomic mass is 10.1. The molecule has 0 heterocycles. The molecule has 0 bridgehead atoms. The van der Waals surface area contributed by atoms with E-state index in [4.69, 9.17) is 0 Å². The molecule has 1 N–H and O–H groups in total. The Morgan fingerprint density at radius 2 is 1.88 bits per heavy atom. The van der Waals surface area contributed by atoms with E-state index in [2.05, 4.69) is 19.2 Å². The van der Waals surface area contributed by atoms with E-state index in [0.717, 1.165) is 0 Å². The van der Waals surface area contributed by atoms with Gasteiger partial charge in [-0.25, -0.2) is 0 Å². The third kappa shape index (κ3) is 2.61. The Labute approximate surface area is 50.3 Å². The molecule has 0 aliphatic heterocycles. The summed E-state index contributed by atoms with van der Waals surface area (Å²) in [5.74, 6) is 0.497. The summed E-state index contributed by atoms with van der Waals surface area (Å²) in [4.78, 5) is 9.68. The molecule has 2 heteroatoms. The van der Waals surface area contributed by atoms with E-state index < -0.39 is 0 Å². The number of amides is 1. The molecule has 0 aliphatic rings. The lowest BCUT2D eigenvalue weighted by Crippen LogP contribution is -2.29. The molecule has 47 valence electrons. The summed E-state index contributed by atoms with van der Waals surface area (Å²) in [6.45, 7) is 6.06. The van der Waals surface area contributed by atoms with E-state index in [-0.39, 0.29) is 6.04 Å². The van der Waals surface area contributed by atoms with Gasteiger partial charge in [0.15, 0.2) is 0 Å². The van der Waals surface area contributed by atoms with Gasteiger partial charge in [-0.15, -0.1) is 0 Å². The summed E-state index contributed by atoms with van der Waals surface area (Å²) in [7, 11) is 0. The van der Waals surface area contributed by atoms with Crippen molar-refractivity contribution in [2.75, 3.05) is 0 Å². The molecule has 8 heavy (non-hydrogen) atoms. The zero-order chi connectivity index (χ0) is 6.57. The Hall–Kier alpha value is -0.530. The minimum absolute atomic E-state index is 0.243. The molecule has 1 radical (unpaired) electrons. The molecule has 0 aromatic heterocycles. The van der Waals surface area contributed by atoms with Crippen molar-refractivity contribution in [3.8, 4) is 0 Å². The zero-order valence-corrected chi connectivity index (χ0v) is 5.56. The van der Waals surface area contributed by atoms with Crippen LogP contribution < -0.4 is 5.32 Å². The summed E-state index contributed by atoms with van der Waals surface area (Å²) in [5, 5.41) is 2.54. The van der Waals surface area contributed by atoms with E-state index in [0.29, 0.717) is 5.92 Å². The maximum absolute atomic E-state index is 9.68. The molecule has 0 rings (SSSR count). The van der Waals surface area contributed by atoms with Crippen molar-refractivity contribution in [1.29, 1.82) is 0 Å². The van der Waals surface area contributed by atoms with Gasteiger partial charge in [-0.05, 0) is 12.8 Å². The minimum Gasteiger partial charge on any atom is -0.345 e. The highest BCUT2D eigenvalue weighted by Crippen LogP contribution is 1.97. The smallest absolute Gasteiger partial charge is 0.309 e. The molecule has 0 spiro atoms. The third-order valence-corrected chi connectivity index (χ3v) is 1.29. The fourth-order valence-electron chi connectivity index (χ4n) is 0.260. The Morgan fingerprint density at radius 3 is 2.00 bits per heavy atom. The van der Waals surface area contributed by atoms with Gasteiger partial charge in [-0.1, -0.05) is 13.8 Å². The number of hydrogen-bond donors (Lipinski definition) is 1. The Bertz CT molecular complexity index is 70.9. The second kappa shape index (κ2) is 3.47. The minimum atomic E-state index is 0.243. The van der Waals surface area contributed by atoms with Crippen molar-refractivity contribution in [2.45, 2.75) is 26.8 Å². The highest BCUT2D eigenvalue weighted by molar-refractivity contribution is 5.47. The van der Waals surface area contributed by atoms with E-state index >= 15 is 0 Å². The largest absolute Gasteiger partial charge is 0.345 e. The normalized spacial score (nSPS) is 13.5. The summed E-state index contributed by atoms with van der Waals surface area (Å²) < 4.78 is 0. The third-order valence-electron chi connectivity index (χ3n) is 1.29. The predicted molar refractivity (Wildman–Crippen MR) is 33.1 cm³/mol. The van der Waals surface area contributed by atoms with Crippen LogP contribution in [-0.4, -0.2) is 12.5 Å². The summed E-state index contributed by atoms with van der Waals surface area (Å²) in [6.07, 6.45) is 1.65. The van der Waals surface area contributed by atoms with Crippen LogP contribution in [0.25, 0.3) is 0 Å². The van der Waals surface area contributed by atoms with Gasteiger partial charge in [-0.3, -0.25) is 4.79 Å². The molecule has 2 nitrogen and oxygen atoms in total. The van der Waals surface area contributed by atoms with Gasteiger partial charge in [-0.2, -0.15) is 0 Å². The van der Waals surface area contributed by atoms with Crippen molar-refractivity contribution in [3.63, 3.8) is 0 Å². The van der Waals surface area contributed by atoms with E-state index in [1.54, 1.807) is 6.41 Å². The molecule has 1 unspecified atom stereocenters. The highest BCUT2D eigenvalue weighted by atomic mass is 16.1. The van der Waals surface area contributed by atoms with Crippen molar-refractivity contribution in [2.24, 2.45) is 5.92 Å². The van der Waals surface area contributed by atoms with Gasteiger partial charge in [0, 0.05) is 6.04 Å². The average molecular weight is 114 g/mol. The molecular formula is C6H12NO. The van der Waals surface area contributed by atoms with Crippen molar-refractivity contribution < 1.29 is 4.79 Å². The van der Waals surface area contributed by atoms with Crippen LogP contribution in [0.3, 0.4) is 0 Å². The summed E-state index contributed by atoms with van der Waals surface area (Å²) in [5.41, 5.74) is 0. The van der Waals surface area contributed by atoms with E-state index in [1.807, 2.05) is 6.92 Å². The van der Waals surface area contributed by atoms with E-state index in [9.17, 15) is 4.79 Å². The second-order valence-corrected chi connectivity index (χ2v) is 2.28. The number of nitrogens with one attached hydrogen (secondary N) is 1. The molecule has 0 saturated heterocycles. The fraction of sp³-hybridized carbons (Fsp3) is 0.833. The lowest BCUT2D eigenvalue weighted by molar-refractivity contribution is 0.460. The predicted octanol–water partition coefficient (Wildman–Crippen LogP) is 0.688. The quantitative estimate of drug-likeness (QED) is 0.537. The number of hydrogen-bond acceptors (Lipinski definition) is 1. The van der Waals surface area contributed by atoms with Crippen LogP contribution in [0.4, 0.5) is 0 Å². The van der Waals surface area contributed by atoms with Crippen LogP contribution in [0, 0.1) is 5.92 Å². The topological polar surface area (TPSA) is 29.1 Å². The van der Waals surface area contributed by atoms with Gasteiger partial charge < -0.3 is 5.32 Å². The van der Waals surface area contributed by atoms with Crippen LogP contribution in [-0.2, 0) is 4.79 Å². The van der Waals surface area contributed by atoms with Gasteiger partial charge in [0.05, 0.1) is 0 Å². The SMILES string of the molecule is CC(C)C(C)N[C]=O. The van der Waals surface area contributed by atoms with Crippen LogP contribution in [0.1, 0.15) is 20.8 Å². The maximum Gasteiger partial charge on any atom is 0.309 e. The van der Waals surface area contributed by atoms with Crippen LogP contribution in [0.15, 0.2) is 0 Å². The van der Waals surface area contributed by atoms with Gasteiger partial charge in [0.25, 0.3) is 0 Å². The Morgan fingerprint density at radius 1 is 1.38 bits per heavy atom. The number of carbonyl (C=O) groups excluding carboxylic acids is 1. The lowest BCUT2D eigenvalue weighted by Gasteiger charge is -2.11. The molecule has 0 aliphatic carbocycles. The molecular weight excluding hydrogens is 102 g/mol. The van der Waals surface area contributed by atoms with Gasteiger partial charge in [0.2, 0.25) is 0 Å². The monoisotopic (exact) mass is 114 g/mol. The first-order chi connectivity index (χ1) is 3.68. The zero-order valence-electron chi connectivity index (χ0n) is 5.56. The molecule has 0 saturated carbocycles. The van der Waals surface area contributed by atoms with Crippen molar-refractivity contribution >= 4 is 6.41 Å². The van der Waals surface area contributed by atoms with Crippen LogP contribution in [0.5, 0.6) is 0 Å².